The Morgan fingerprint density at radius 2 is 2.14 bits per heavy atom. The zero-order valence-corrected chi connectivity index (χ0v) is 9.21. The fraction of sp³-hybridized carbons (Fsp3) is 0.833. The second-order valence-corrected chi connectivity index (χ2v) is 4.39. The lowest BCUT2D eigenvalue weighted by Gasteiger charge is -2.21. The summed E-state index contributed by atoms with van der Waals surface area (Å²) in [6.07, 6.45) is 5.48. The van der Waals surface area contributed by atoms with Crippen LogP contribution in [0.3, 0.4) is 0 Å². The van der Waals surface area contributed by atoms with Gasteiger partial charge in [0.1, 0.15) is 11.6 Å². The Bertz CT molecular complexity index is 220. The van der Waals surface area contributed by atoms with Crippen molar-refractivity contribution < 1.29 is 9.59 Å². The second-order valence-electron chi connectivity index (χ2n) is 4.39. The average Bonchev–Trinajstić information content (AvgIpc) is 2.29. The van der Waals surface area contributed by atoms with Crippen LogP contribution < -0.4 is 0 Å². The molecule has 0 spiro atoms. The predicted molar refractivity (Wildman–Crippen MR) is 56.0 cm³/mol. The first-order valence-electron chi connectivity index (χ1n) is 5.67. The van der Waals surface area contributed by atoms with Crippen LogP contribution in [0, 0.1) is 11.8 Å². The zero-order chi connectivity index (χ0) is 10.6. The highest BCUT2D eigenvalue weighted by atomic mass is 16.1. The van der Waals surface area contributed by atoms with E-state index >= 15 is 0 Å². The summed E-state index contributed by atoms with van der Waals surface area (Å²) in [5.74, 6) is 0.960. The molecule has 80 valence electrons. The monoisotopic (exact) mass is 196 g/mol. The van der Waals surface area contributed by atoms with Crippen molar-refractivity contribution in [2.45, 2.75) is 52.4 Å². The first kappa shape index (κ1) is 11.4. The maximum Gasteiger partial charge on any atom is 0.136 e. The number of hydrogen-bond acceptors (Lipinski definition) is 2. The van der Waals surface area contributed by atoms with E-state index in [2.05, 4.69) is 6.92 Å². The fourth-order valence-corrected chi connectivity index (χ4v) is 2.43. The third-order valence-electron chi connectivity index (χ3n) is 3.26. The van der Waals surface area contributed by atoms with E-state index in [1.54, 1.807) is 6.92 Å². The molecular formula is C12H20O2. The summed E-state index contributed by atoms with van der Waals surface area (Å²) >= 11 is 0. The lowest BCUT2D eigenvalue weighted by atomic mass is 9.82. The molecule has 0 bridgehead atoms. The van der Waals surface area contributed by atoms with Gasteiger partial charge >= 0.3 is 0 Å². The molecule has 2 heteroatoms. The number of hydrogen-bond donors (Lipinski definition) is 0. The van der Waals surface area contributed by atoms with Crippen molar-refractivity contribution in [3.63, 3.8) is 0 Å². The molecule has 1 aliphatic carbocycles. The molecule has 0 heterocycles. The Hall–Kier alpha value is -0.660. The summed E-state index contributed by atoms with van der Waals surface area (Å²) in [6.45, 7) is 3.71. The van der Waals surface area contributed by atoms with Gasteiger partial charge in [-0.3, -0.25) is 4.79 Å². The number of ketones is 2. The van der Waals surface area contributed by atoms with Crippen LogP contribution in [0.4, 0.5) is 0 Å². The van der Waals surface area contributed by atoms with Crippen molar-refractivity contribution >= 4 is 11.6 Å². The lowest BCUT2D eigenvalue weighted by Crippen LogP contribution is -2.23. The summed E-state index contributed by atoms with van der Waals surface area (Å²) < 4.78 is 0. The van der Waals surface area contributed by atoms with Crippen LogP contribution in [-0.4, -0.2) is 11.6 Å². The summed E-state index contributed by atoms with van der Waals surface area (Å²) in [7, 11) is 0. The molecule has 0 saturated heterocycles. The largest absolute Gasteiger partial charge is 0.300 e. The van der Waals surface area contributed by atoms with Crippen LogP contribution in [0.25, 0.3) is 0 Å². The first-order chi connectivity index (χ1) is 6.65. The van der Waals surface area contributed by atoms with E-state index in [-0.39, 0.29) is 11.7 Å². The Morgan fingerprint density at radius 1 is 1.43 bits per heavy atom. The van der Waals surface area contributed by atoms with Gasteiger partial charge in [0.2, 0.25) is 0 Å². The van der Waals surface area contributed by atoms with E-state index < -0.39 is 0 Å². The molecule has 2 atom stereocenters. The molecule has 0 aromatic rings. The minimum absolute atomic E-state index is 0.0278. The van der Waals surface area contributed by atoms with Gasteiger partial charge in [-0.05, 0) is 25.7 Å². The second kappa shape index (κ2) is 5.28. The number of Topliss-reactive ketones (excluding diaryl/α,β-unsaturated/α-hetero) is 2. The van der Waals surface area contributed by atoms with Crippen molar-refractivity contribution in [2.24, 2.45) is 11.8 Å². The van der Waals surface area contributed by atoms with Gasteiger partial charge in [-0.2, -0.15) is 0 Å². The maximum absolute atomic E-state index is 11.8. The van der Waals surface area contributed by atoms with Crippen LogP contribution in [0.5, 0.6) is 0 Å². The van der Waals surface area contributed by atoms with Crippen LogP contribution in [0.15, 0.2) is 0 Å². The SMILES string of the molecule is CC[C@H]1CCCCC(=O)[C@@H]1CC(C)=O. The molecule has 1 saturated carbocycles. The van der Waals surface area contributed by atoms with Gasteiger partial charge in [0.15, 0.2) is 0 Å². The van der Waals surface area contributed by atoms with Gasteiger partial charge in [0.05, 0.1) is 0 Å². The van der Waals surface area contributed by atoms with Crippen LogP contribution in [0.2, 0.25) is 0 Å². The molecule has 0 N–H and O–H groups in total. The number of carbonyl (C=O) groups excluding carboxylic acids is 2. The minimum Gasteiger partial charge on any atom is -0.300 e. The smallest absolute Gasteiger partial charge is 0.136 e. The van der Waals surface area contributed by atoms with Crippen LogP contribution >= 0.6 is 0 Å². The van der Waals surface area contributed by atoms with E-state index in [0.29, 0.717) is 24.5 Å². The Kier molecular flexibility index (Phi) is 4.30. The molecule has 0 amide bonds. The molecule has 1 aliphatic rings. The van der Waals surface area contributed by atoms with Gasteiger partial charge in [0, 0.05) is 18.8 Å². The first-order valence-corrected chi connectivity index (χ1v) is 5.67. The summed E-state index contributed by atoms with van der Waals surface area (Å²) in [5.41, 5.74) is 0. The number of carbonyl (C=O) groups is 2. The molecule has 0 unspecified atom stereocenters. The molecule has 2 nitrogen and oxygen atoms in total. The minimum atomic E-state index is 0.0278. The number of rotatable bonds is 3. The van der Waals surface area contributed by atoms with Crippen LogP contribution in [-0.2, 0) is 9.59 Å². The highest BCUT2D eigenvalue weighted by Crippen LogP contribution is 2.31. The van der Waals surface area contributed by atoms with Gasteiger partial charge in [-0.25, -0.2) is 0 Å². The maximum atomic E-state index is 11.8. The molecule has 1 fully saturated rings. The Balaban J connectivity index is 2.69. The summed E-state index contributed by atoms with van der Waals surface area (Å²) in [5, 5.41) is 0. The fourth-order valence-electron chi connectivity index (χ4n) is 2.43. The van der Waals surface area contributed by atoms with Crippen molar-refractivity contribution in [2.75, 3.05) is 0 Å². The van der Waals surface area contributed by atoms with Gasteiger partial charge in [-0.1, -0.05) is 19.8 Å². The van der Waals surface area contributed by atoms with Gasteiger partial charge < -0.3 is 4.79 Å². The Morgan fingerprint density at radius 3 is 2.71 bits per heavy atom. The Labute approximate surface area is 86.1 Å². The zero-order valence-electron chi connectivity index (χ0n) is 9.21. The highest BCUT2D eigenvalue weighted by molar-refractivity contribution is 5.87. The van der Waals surface area contributed by atoms with Crippen molar-refractivity contribution in [1.29, 1.82) is 0 Å². The van der Waals surface area contributed by atoms with E-state index in [1.807, 2.05) is 0 Å². The predicted octanol–water partition coefficient (Wildman–Crippen LogP) is 2.75. The normalized spacial score (nSPS) is 28.6. The van der Waals surface area contributed by atoms with E-state index in [9.17, 15) is 9.59 Å². The topological polar surface area (TPSA) is 34.1 Å². The van der Waals surface area contributed by atoms with Gasteiger partial charge in [-0.15, -0.1) is 0 Å². The standard InChI is InChI=1S/C12H20O2/c1-3-10-6-4-5-7-12(14)11(10)8-9(2)13/h10-11H,3-8H2,1-2H3/t10-,11+/m0/s1. The van der Waals surface area contributed by atoms with E-state index in [4.69, 9.17) is 0 Å². The third-order valence-corrected chi connectivity index (χ3v) is 3.26. The van der Waals surface area contributed by atoms with Crippen molar-refractivity contribution in [1.82, 2.24) is 0 Å². The molecule has 0 aromatic heterocycles. The van der Waals surface area contributed by atoms with Crippen molar-refractivity contribution in [3.05, 3.63) is 0 Å². The molecule has 0 radical (unpaired) electrons. The van der Waals surface area contributed by atoms with Crippen molar-refractivity contribution in [3.8, 4) is 0 Å². The molecule has 1 rings (SSSR count). The average molecular weight is 196 g/mol. The highest BCUT2D eigenvalue weighted by Gasteiger charge is 2.29. The molecule has 0 aliphatic heterocycles. The van der Waals surface area contributed by atoms with Crippen LogP contribution in [0.1, 0.15) is 52.4 Å². The summed E-state index contributed by atoms with van der Waals surface area (Å²) in [6, 6.07) is 0. The third kappa shape index (κ3) is 2.93. The van der Waals surface area contributed by atoms with E-state index in [0.717, 1.165) is 25.7 Å². The quantitative estimate of drug-likeness (QED) is 0.650. The van der Waals surface area contributed by atoms with E-state index in [1.165, 1.54) is 0 Å². The molecule has 0 aromatic carbocycles. The molecular weight excluding hydrogens is 176 g/mol. The lowest BCUT2D eigenvalue weighted by molar-refractivity contribution is -0.128. The van der Waals surface area contributed by atoms with Gasteiger partial charge in [0.25, 0.3) is 0 Å². The molecule has 14 heavy (non-hydrogen) atoms. The summed E-state index contributed by atoms with van der Waals surface area (Å²) in [4.78, 5) is 22.8.